The molecule has 0 aliphatic carbocycles. The Morgan fingerprint density at radius 1 is 1.06 bits per heavy atom. The van der Waals surface area contributed by atoms with Gasteiger partial charge in [0.15, 0.2) is 5.11 Å². The predicted octanol–water partition coefficient (Wildman–Crippen LogP) is 4.41. The van der Waals surface area contributed by atoms with Crippen molar-refractivity contribution >= 4 is 51.2 Å². The van der Waals surface area contributed by atoms with Crippen molar-refractivity contribution in [1.82, 2.24) is 4.90 Å². The molecule has 1 aliphatic rings. The maximum Gasteiger partial charge on any atom is 0.340 e. The van der Waals surface area contributed by atoms with Crippen LogP contribution in [0.2, 0.25) is 0 Å². The number of carbonyl (C=O) groups is 2. The molecule has 1 aliphatic heterocycles. The first-order valence-corrected chi connectivity index (χ1v) is 12.1. The molecule has 34 heavy (non-hydrogen) atoms. The van der Waals surface area contributed by atoms with E-state index in [-0.39, 0.29) is 5.91 Å². The molecule has 1 amide bonds. The standard InChI is InChI=1S/C25H25N3O4S2/c1-31-24(30)21-16-20(15-17-5-3-2-4-6-17)34-22(21)27-25(33)26-19-9-7-18(8-10-19)23(29)28-11-13-32-14-12-28/h2-10,16H,11-15H2,1H3,(H2,26,27,33). The lowest BCUT2D eigenvalue weighted by Crippen LogP contribution is -2.40. The quantitative estimate of drug-likeness (QED) is 0.387. The van der Waals surface area contributed by atoms with E-state index in [1.807, 2.05) is 36.4 Å². The van der Waals surface area contributed by atoms with E-state index < -0.39 is 5.97 Å². The number of amides is 1. The Hall–Kier alpha value is -3.27. The summed E-state index contributed by atoms with van der Waals surface area (Å²) < 4.78 is 10.3. The van der Waals surface area contributed by atoms with Gasteiger partial charge in [-0.3, -0.25) is 4.79 Å². The number of ether oxygens (including phenoxy) is 2. The van der Waals surface area contributed by atoms with Crippen LogP contribution in [0.1, 0.15) is 31.2 Å². The summed E-state index contributed by atoms with van der Waals surface area (Å²) in [5.74, 6) is -0.436. The summed E-state index contributed by atoms with van der Waals surface area (Å²) in [5.41, 5.74) is 2.94. The maximum atomic E-state index is 12.6. The van der Waals surface area contributed by atoms with E-state index in [9.17, 15) is 9.59 Å². The number of carbonyl (C=O) groups excluding carboxylic acids is 2. The summed E-state index contributed by atoms with van der Waals surface area (Å²) in [6.45, 7) is 2.33. The van der Waals surface area contributed by atoms with Crippen molar-refractivity contribution < 1.29 is 19.1 Å². The summed E-state index contributed by atoms with van der Waals surface area (Å²) in [5, 5.41) is 7.19. The monoisotopic (exact) mass is 495 g/mol. The molecule has 1 saturated heterocycles. The van der Waals surface area contributed by atoms with Crippen molar-refractivity contribution in [2.75, 3.05) is 44.0 Å². The molecule has 4 rings (SSSR count). The third-order valence-corrected chi connectivity index (χ3v) is 6.58. The van der Waals surface area contributed by atoms with E-state index in [0.717, 1.165) is 16.1 Å². The molecule has 9 heteroatoms. The molecule has 0 unspecified atom stereocenters. The zero-order valence-corrected chi connectivity index (χ0v) is 20.3. The zero-order valence-electron chi connectivity index (χ0n) is 18.7. The lowest BCUT2D eigenvalue weighted by Gasteiger charge is -2.26. The molecule has 0 atom stereocenters. The normalized spacial score (nSPS) is 13.3. The number of morpholine rings is 1. The molecule has 7 nitrogen and oxygen atoms in total. The van der Waals surface area contributed by atoms with Gasteiger partial charge < -0.3 is 25.0 Å². The van der Waals surface area contributed by atoms with E-state index in [2.05, 4.69) is 10.6 Å². The SMILES string of the molecule is COC(=O)c1cc(Cc2ccccc2)sc1NC(=S)Nc1ccc(C(=O)N2CCOCC2)cc1. The number of esters is 1. The second kappa shape index (κ2) is 11.2. The third kappa shape index (κ3) is 5.99. The molecule has 3 aromatic rings. The van der Waals surface area contributed by atoms with Crippen molar-refractivity contribution in [3.05, 3.63) is 82.2 Å². The van der Waals surface area contributed by atoms with E-state index >= 15 is 0 Å². The van der Waals surface area contributed by atoms with Crippen LogP contribution >= 0.6 is 23.6 Å². The zero-order chi connectivity index (χ0) is 23.9. The number of benzene rings is 2. The van der Waals surface area contributed by atoms with E-state index in [0.29, 0.717) is 54.0 Å². The molecule has 176 valence electrons. The van der Waals surface area contributed by atoms with Gasteiger partial charge in [-0.15, -0.1) is 11.3 Å². The summed E-state index contributed by atoms with van der Waals surface area (Å²) in [6, 6.07) is 19.0. The number of nitrogens with one attached hydrogen (secondary N) is 2. The van der Waals surface area contributed by atoms with Crippen LogP contribution in [0.15, 0.2) is 60.7 Å². The van der Waals surface area contributed by atoms with Crippen molar-refractivity contribution in [2.45, 2.75) is 6.42 Å². The molecule has 2 aromatic carbocycles. The molecule has 2 heterocycles. The van der Waals surface area contributed by atoms with E-state index in [1.165, 1.54) is 18.4 Å². The van der Waals surface area contributed by atoms with Crippen LogP contribution in [0.3, 0.4) is 0 Å². The molecule has 0 bridgehead atoms. The minimum Gasteiger partial charge on any atom is -0.465 e. The van der Waals surface area contributed by atoms with Crippen LogP contribution in [-0.2, 0) is 15.9 Å². The van der Waals surface area contributed by atoms with Gasteiger partial charge in [-0.1, -0.05) is 30.3 Å². The molecular formula is C25H25N3O4S2. The molecule has 0 radical (unpaired) electrons. The van der Waals surface area contributed by atoms with Gasteiger partial charge in [-0.05, 0) is 48.1 Å². The van der Waals surface area contributed by atoms with Gasteiger partial charge in [0, 0.05) is 35.6 Å². The van der Waals surface area contributed by atoms with Crippen LogP contribution in [0.5, 0.6) is 0 Å². The fraction of sp³-hybridized carbons (Fsp3) is 0.240. The Bertz CT molecular complexity index is 1160. The Morgan fingerprint density at radius 3 is 2.44 bits per heavy atom. The minimum atomic E-state index is -0.424. The van der Waals surface area contributed by atoms with Crippen LogP contribution < -0.4 is 10.6 Å². The molecule has 0 spiro atoms. The van der Waals surface area contributed by atoms with Crippen molar-refractivity contribution in [3.63, 3.8) is 0 Å². The fourth-order valence-electron chi connectivity index (χ4n) is 3.59. The highest BCUT2D eigenvalue weighted by Crippen LogP contribution is 2.31. The van der Waals surface area contributed by atoms with Gasteiger partial charge >= 0.3 is 5.97 Å². The van der Waals surface area contributed by atoms with Gasteiger partial charge in [0.2, 0.25) is 0 Å². The highest BCUT2D eigenvalue weighted by Gasteiger charge is 2.19. The molecule has 1 aromatic heterocycles. The number of hydrogen-bond acceptors (Lipinski definition) is 6. The number of anilines is 2. The highest BCUT2D eigenvalue weighted by molar-refractivity contribution is 7.80. The average Bonchev–Trinajstić information content (AvgIpc) is 3.26. The average molecular weight is 496 g/mol. The number of rotatable bonds is 6. The fourth-order valence-corrected chi connectivity index (χ4v) is 4.96. The van der Waals surface area contributed by atoms with Gasteiger partial charge in [0.05, 0.1) is 25.9 Å². The van der Waals surface area contributed by atoms with Crippen LogP contribution in [0.4, 0.5) is 10.7 Å². The van der Waals surface area contributed by atoms with Crippen LogP contribution in [0.25, 0.3) is 0 Å². The van der Waals surface area contributed by atoms with Gasteiger partial charge in [-0.2, -0.15) is 0 Å². The number of nitrogens with zero attached hydrogens (tertiary/aromatic N) is 1. The Kier molecular flexibility index (Phi) is 7.89. The number of thiocarbonyl (C=S) groups is 1. The summed E-state index contributed by atoms with van der Waals surface area (Å²) in [6.07, 6.45) is 0.704. The first kappa shape index (κ1) is 23.9. The molecule has 1 fully saturated rings. The predicted molar refractivity (Wildman–Crippen MR) is 138 cm³/mol. The first-order valence-electron chi connectivity index (χ1n) is 10.8. The van der Waals surface area contributed by atoms with Crippen molar-refractivity contribution in [1.29, 1.82) is 0 Å². The van der Waals surface area contributed by atoms with E-state index in [1.54, 1.807) is 29.2 Å². The van der Waals surface area contributed by atoms with Gasteiger partial charge in [-0.25, -0.2) is 4.79 Å². The smallest absolute Gasteiger partial charge is 0.340 e. The molecular weight excluding hydrogens is 470 g/mol. The largest absolute Gasteiger partial charge is 0.465 e. The maximum absolute atomic E-state index is 12.6. The minimum absolute atomic E-state index is 0.0113. The van der Waals surface area contributed by atoms with Crippen molar-refractivity contribution in [3.8, 4) is 0 Å². The van der Waals surface area contributed by atoms with E-state index in [4.69, 9.17) is 21.7 Å². The second-order valence-electron chi connectivity index (χ2n) is 7.67. The Labute approximate surface area is 207 Å². The van der Waals surface area contributed by atoms with Crippen LogP contribution in [0, 0.1) is 0 Å². The number of methoxy groups -OCH3 is 1. The van der Waals surface area contributed by atoms with Crippen molar-refractivity contribution in [2.24, 2.45) is 0 Å². The molecule has 2 N–H and O–H groups in total. The summed E-state index contributed by atoms with van der Waals surface area (Å²) >= 11 is 6.93. The third-order valence-electron chi connectivity index (χ3n) is 5.32. The van der Waals surface area contributed by atoms with Gasteiger partial charge in [0.1, 0.15) is 5.00 Å². The lowest BCUT2D eigenvalue weighted by molar-refractivity contribution is 0.0303. The Balaban J connectivity index is 1.41. The summed E-state index contributed by atoms with van der Waals surface area (Å²) in [4.78, 5) is 27.7. The topological polar surface area (TPSA) is 79.9 Å². The second-order valence-corrected chi connectivity index (χ2v) is 9.22. The summed E-state index contributed by atoms with van der Waals surface area (Å²) in [7, 11) is 1.36. The first-order chi connectivity index (χ1) is 16.5. The van der Waals surface area contributed by atoms with Crippen LogP contribution in [-0.4, -0.2) is 55.3 Å². The Morgan fingerprint density at radius 2 is 1.76 bits per heavy atom. The van der Waals surface area contributed by atoms with Gasteiger partial charge in [0.25, 0.3) is 5.91 Å². The lowest BCUT2D eigenvalue weighted by atomic mass is 10.1. The number of thiophene rings is 1. The molecule has 0 saturated carbocycles. The highest BCUT2D eigenvalue weighted by atomic mass is 32.1. The number of hydrogen-bond donors (Lipinski definition) is 2.